The van der Waals surface area contributed by atoms with Crippen molar-refractivity contribution in [3.63, 3.8) is 0 Å². The Kier molecular flexibility index (Phi) is 3.22. The fraction of sp³-hybridized carbons (Fsp3) is 0.550. The summed E-state index contributed by atoms with van der Waals surface area (Å²) in [4.78, 5) is 23.3. The molecular formula is C20H23NO4. The van der Waals surface area contributed by atoms with E-state index in [0.29, 0.717) is 18.4 Å². The second kappa shape index (κ2) is 4.93. The lowest BCUT2D eigenvalue weighted by atomic mass is 9.59. The Labute approximate surface area is 147 Å². The monoisotopic (exact) mass is 341 g/mol. The molecule has 0 amide bonds. The van der Waals surface area contributed by atoms with E-state index in [4.69, 9.17) is 4.74 Å². The lowest BCUT2D eigenvalue weighted by Crippen LogP contribution is -2.41. The van der Waals surface area contributed by atoms with Crippen LogP contribution in [0.4, 0.5) is 5.69 Å². The quantitative estimate of drug-likeness (QED) is 0.358. The van der Waals surface area contributed by atoms with Gasteiger partial charge in [-0.15, -0.1) is 0 Å². The number of carbonyl (C=O) groups excluding carboxylic acids is 1. The summed E-state index contributed by atoms with van der Waals surface area (Å²) in [7, 11) is 0. The van der Waals surface area contributed by atoms with E-state index >= 15 is 0 Å². The van der Waals surface area contributed by atoms with Crippen molar-refractivity contribution in [1.82, 2.24) is 0 Å². The van der Waals surface area contributed by atoms with Gasteiger partial charge in [-0.05, 0) is 42.6 Å². The van der Waals surface area contributed by atoms with Gasteiger partial charge in [-0.3, -0.25) is 14.9 Å². The summed E-state index contributed by atoms with van der Waals surface area (Å²) in [5, 5.41) is 11.0. The predicted molar refractivity (Wildman–Crippen MR) is 92.9 cm³/mol. The largest absolute Gasteiger partial charge is 0.466 e. The third-order valence-electron chi connectivity index (χ3n) is 6.92. The number of carbonyl (C=O) groups is 1. The van der Waals surface area contributed by atoms with Gasteiger partial charge < -0.3 is 4.74 Å². The lowest BCUT2D eigenvalue weighted by molar-refractivity contribution is -0.384. The van der Waals surface area contributed by atoms with Gasteiger partial charge in [0.25, 0.3) is 5.69 Å². The minimum absolute atomic E-state index is 0.0289. The van der Waals surface area contributed by atoms with Crippen LogP contribution >= 0.6 is 0 Å². The van der Waals surface area contributed by atoms with E-state index in [2.05, 4.69) is 26.8 Å². The number of non-ortho nitro benzene ring substituents is 1. The maximum atomic E-state index is 12.7. The van der Waals surface area contributed by atoms with Crippen molar-refractivity contribution in [1.29, 1.82) is 0 Å². The van der Waals surface area contributed by atoms with Crippen molar-refractivity contribution >= 4 is 11.7 Å². The number of nitro groups is 1. The van der Waals surface area contributed by atoms with Crippen molar-refractivity contribution in [3.8, 4) is 0 Å². The summed E-state index contributed by atoms with van der Waals surface area (Å²) in [6, 6.07) is 6.87. The Morgan fingerprint density at radius 1 is 1.28 bits per heavy atom. The molecule has 1 aromatic carbocycles. The maximum absolute atomic E-state index is 12.7. The fourth-order valence-corrected chi connectivity index (χ4v) is 6.39. The van der Waals surface area contributed by atoms with Crippen molar-refractivity contribution in [3.05, 3.63) is 51.6 Å². The zero-order valence-corrected chi connectivity index (χ0v) is 15.0. The van der Waals surface area contributed by atoms with Crippen molar-refractivity contribution in [2.24, 2.45) is 28.6 Å². The number of nitro benzene ring substituents is 1. The van der Waals surface area contributed by atoms with E-state index in [1.54, 1.807) is 12.1 Å². The molecule has 0 spiro atoms. The second-order valence-electron chi connectivity index (χ2n) is 8.14. The number of nitrogens with zero attached hydrogens (tertiary/aromatic N) is 1. The molecule has 5 heteroatoms. The van der Waals surface area contributed by atoms with Crippen LogP contribution in [0.3, 0.4) is 0 Å². The first-order valence-electron chi connectivity index (χ1n) is 8.87. The molecule has 0 radical (unpaired) electrons. The molecule has 25 heavy (non-hydrogen) atoms. The molecular weight excluding hydrogens is 318 g/mol. The Bertz CT molecular complexity index is 798. The molecule has 132 valence electrons. The fourth-order valence-electron chi connectivity index (χ4n) is 6.39. The molecule has 0 heterocycles. The number of hydrogen-bond donors (Lipinski definition) is 0. The number of benzene rings is 1. The Morgan fingerprint density at radius 3 is 2.48 bits per heavy atom. The first-order chi connectivity index (χ1) is 11.8. The van der Waals surface area contributed by atoms with Crippen LogP contribution in [0.5, 0.6) is 0 Å². The summed E-state index contributed by atoms with van der Waals surface area (Å²) >= 11 is 0. The molecule has 0 unspecified atom stereocenters. The van der Waals surface area contributed by atoms with Gasteiger partial charge in [0.2, 0.25) is 0 Å². The van der Waals surface area contributed by atoms with Crippen LogP contribution in [-0.2, 0) is 9.53 Å². The smallest absolute Gasteiger partial charge is 0.310 e. The molecule has 0 aliphatic heterocycles. The van der Waals surface area contributed by atoms with Crippen LogP contribution in [0.25, 0.3) is 0 Å². The Morgan fingerprint density at radius 2 is 1.92 bits per heavy atom. The standard InChI is InChI=1S/C20H23NO4/c1-5-25-18(22)16-15-14-11(2)10-19(16,3)17(20(14,15)4)12-6-8-13(9-7-12)21(23)24/h6-10,14-17H,5H2,1-4H3/t14-,15+,16-,17+,19+,20-/m0/s1. The predicted octanol–water partition coefficient (Wildman–Crippen LogP) is 4.09. The molecule has 2 fully saturated rings. The summed E-state index contributed by atoms with van der Waals surface area (Å²) in [5.41, 5.74) is 2.28. The van der Waals surface area contributed by atoms with Gasteiger partial charge in [0.1, 0.15) is 0 Å². The van der Waals surface area contributed by atoms with E-state index in [0.717, 1.165) is 5.56 Å². The Balaban J connectivity index is 1.79. The van der Waals surface area contributed by atoms with Crippen LogP contribution in [0.15, 0.2) is 35.9 Å². The summed E-state index contributed by atoms with van der Waals surface area (Å²) < 4.78 is 5.40. The minimum Gasteiger partial charge on any atom is -0.466 e. The van der Waals surface area contributed by atoms with E-state index < -0.39 is 0 Å². The van der Waals surface area contributed by atoms with Gasteiger partial charge >= 0.3 is 5.97 Å². The highest BCUT2D eigenvalue weighted by molar-refractivity contribution is 5.78. The third kappa shape index (κ3) is 1.87. The Hall–Kier alpha value is -2.17. The van der Waals surface area contributed by atoms with Crippen molar-refractivity contribution in [2.45, 2.75) is 33.6 Å². The summed E-state index contributed by atoms with van der Waals surface area (Å²) in [6.07, 6.45) is 2.26. The number of rotatable bonds is 4. The number of allylic oxidation sites excluding steroid dienone is 2. The first kappa shape index (κ1) is 16.3. The molecule has 0 saturated heterocycles. The summed E-state index contributed by atoms with van der Waals surface area (Å²) in [6.45, 7) is 8.81. The van der Waals surface area contributed by atoms with E-state index in [9.17, 15) is 14.9 Å². The molecule has 1 aromatic rings. The zero-order chi connectivity index (χ0) is 18.1. The zero-order valence-electron chi connectivity index (χ0n) is 15.0. The van der Waals surface area contributed by atoms with Crippen LogP contribution in [0.2, 0.25) is 0 Å². The van der Waals surface area contributed by atoms with Crippen LogP contribution in [0.1, 0.15) is 39.2 Å². The van der Waals surface area contributed by atoms with E-state index in [-0.39, 0.29) is 39.2 Å². The lowest BCUT2D eigenvalue weighted by Gasteiger charge is -2.44. The molecule has 0 N–H and O–H groups in total. The highest BCUT2D eigenvalue weighted by Crippen LogP contribution is 2.85. The molecule has 4 aliphatic rings. The molecule has 5 rings (SSSR count). The van der Waals surface area contributed by atoms with Crippen LogP contribution in [-0.4, -0.2) is 17.5 Å². The SMILES string of the molecule is CCOC(=O)[C@@H]1[C@H]2[C@@H]3C(C)=C[C@@]1(C)[C@@H](c1ccc([N+](=O)[O-])cc1)[C@]23C. The van der Waals surface area contributed by atoms with Crippen LogP contribution < -0.4 is 0 Å². The maximum Gasteiger partial charge on any atom is 0.310 e. The first-order valence-corrected chi connectivity index (χ1v) is 8.87. The van der Waals surface area contributed by atoms with Gasteiger partial charge in [0, 0.05) is 17.5 Å². The highest BCUT2D eigenvalue weighted by atomic mass is 16.6. The van der Waals surface area contributed by atoms with Crippen molar-refractivity contribution in [2.75, 3.05) is 6.61 Å². The van der Waals surface area contributed by atoms with Crippen LogP contribution in [0, 0.1) is 38.7 Å². The average molecular weight is 341 g/mol. The van der Waals surface area contributed by atoms with E-state index in [1.165, 1.54) is 5.57 Å². The third-order valence-corrected chi connectivity index (χ3v) is 6.92. The van der Waals surface area contributed by atoms with Gasteiger partial charge in [-0.2, -0.15) is 0 Å². The normalized spacial score (nSPS) is 40.4. The van der Waals surface area contributed by atoms with Crippen molar-refractivity contribution < 1.29 is 14.5 Å². The van der Waals surface area contributed by atoms with Gasteiger partial charge in [-0.25, -0.2) is 0 Å². The van der Waals surface area contributed by atoms with E-state index in [1.807, 2.05) is 19.1 Å². The minimum atomic E-state index is -0.376. The van der Waals surface area contributed by atoms with Gasteiger partial charge in [0.05, 0.1) is 17.4 Å². The highest BCUT2D eigenvalue weighted by Gasteiger charge is 2.82. The second-order valence-corrected chi connectivity index (χ2v) is 8.14. The number of hydrogen-bond acceptors (Lipinski definition) is 4. The molecule has 5 nitrogen and oxygen atoms in total. The molecule has 6 atom stereocenters. The summed E-state index contributed by atoms with van der Waals surface area (Å²) in [5.74, 6) is 0.655. The van der Waals surface area contributed by atoms with Gasteiger partial charge in [-0.1, -0.05) is 37.6 Å². The molecule has 4 aliphatic carbocycles. The average Bonchev–Trinajstić information content (AvgIpc) is 3.09. The molecule has 4 bridgehead atoms. The number of ether oxygens (including phenoxy) is 1. The molecule has 2 saturated carbocycles. The van der Waals surface area contributed by atoms with Gasteiger partial charge in [0.15, 0.2) is 0 Å². The number of esters is 1. The molecule has 0 aromatic heterocycles. The topological polar surface area (TPSA) is 69.4 Å².